The Bertz CT molecular complexity index is 1140. The van der Waals surface area contributed by atoms with Crippen LogP contribution in [-0.4, -0.2) is 35.4 Å². The molecule has 2 amide bonds. The molecule has 2 unspecified atom stereocenters. The third-order valence-electron chi connectivity index (χ3n) is 5.84. The van der Waals surface area contributed by atoms with Gasteiger partial charge in [-0.2, -0.15) is 0 Å². The van der Waals surface area contributed by atoms with Gasteiger partial charge in [-0.25, -0.2) is 4.39 Å². The number of ether oxygens (including phenoxy) is 1. The van der Waals surface area contributed by atoms with Crippen LogP contribution in [-0.2, 0) is 22.6 Å². The lowest BCUT2D eigenvalue weighted by atomic mass is 10.0. The van der Waals surface area contributed by atoms with Crippen LogP contribution in [0.3, 0.4) is 0 Å². The van der Waals surface area contributed by atoms with Crippen molar-refractivity contribution in [1.29, 1.82) is 0 Å². The summed E-state index contributed by atoms with van der Waals surface area (Å²) in [5.41, 5.74) is 1.43. The maximum atomic E-state index is 13.6. The molecule has 0 spiro atoms. The first kappa shape index (κ1) is 27.5. The topological polar surface area (TPSA) is 58.6 Å². The second-order valence-corrected chi connectivity index (χ2v) is 9.30. The van der Waals surface area contributed by atoms with Crippen molar-refractivity contribution in [2.75, 3.05) is 6.61 Å². The van der Waals surface area contributed by atoms with Gasteiger partial charge in [0, 0.05) is 34.6 Å². The molecule has 0 fully saturated rings. The number of amides is 2. The maximum absolute atomic E-state index is 13.6. The summed E-state index contributed by atoms with van der Waals surface area (Å²) in [4.78, 5) is 28.5. The van der Waals surface area contributed by atoms with E-state index >= 15 is 0 Å². The monoisotopic (exact) mass is 530 g/mol. The van der Waals surface area contributed by atoms with Gasteiger partial charge in [0.1, 0.15) is 17.6 Å². The largest absolute Gasteiger partial charge is 0.484 e. The van der Waals surface area contributed by atoms with E-state index in [0.29, 0.717) is 21.4 Å². The van der Waals surface area contributed by atoms with Gasteiger partial charge in [0.25, 0.3) is 5.91 Å². The Morgan fingerprint density at radius 2 is 1.61 bits per heavy atom. The molecule has 3 rings (SSSR count). The van der Waals surface area contributed by atoms with Crippen LogP contribution in [0.2, 0.25) is 10.0 Å². The molecule has 2 atom stereocenters. The molecule has 3 aromatic rings. The Kier molecular flexibility index (Phi) is 10.1. The van der Waals surface area contributed by atoms with Crippen LogP contribution in [0.25, 0.3) is 0 Å². The number of nitrogens with one attached hydrogen (secondary N) is 1. The highest BCUT2D eigenvalue weighted by atomic mass is 35.5. The molecular formula is C28H29Cl2FN2O3. The van der Waals surface area contributed by atoms with Crippen molar-refractivity contribution in [2.45, 2.75) is 45.3 Å². The van der Waals surface area contributed by atoms with Gasteiger partial charge >= 0.3 is 0 Å². The van der Waals surface area contributed by atoms with Crippen molar-refractivity contribution in [1.82, 2.24) is 10.2 Å². The molecule has 0 bridgehead atoms. The Morgan fingerprint density at radius 3 is 2.22 bits per heavy atom. The number of carbonyl (C=O) groups is 2. The molecule has 0 heterocycles. The number of hydrogen-bond donors (Lipinski definition) is 1. The van der Waals surface area contributed by atoms with E-state index in [4.69, 9.17) is 27.9 Å². The molecule has 3 aromatic carbocycles. The first-order valence-electron chi connectivity index (χ1n) is 11.7. The highest BCUT2D eigenvalue weighted by Gasteiger charge is 2.32. The average Bonchev–Trinajstić information content (AvgIpc) is 2.87. The molecule has 36 heavy (non-hydrogen) atoms. The Morgan fingerprint density at radius 1 is 0.972 bits per heavy atom. The van der Waals surface area contributed by atoms with E-state index in [1.807, 2.05) is 44.2 Å². The molecule has 5 nitrogen and oxygen atoms in total. The minimum absolute atomic E-state index is 0.00947. The summed E-state index contributed by atoms with van der Waals surface area (Å²) in [5, 5.41) is 3.78. The molecule has 8 heteroatoms. The van der Waals surface area contributed by atoms with E-state index in [9.17, 15) is 14.0 Å². The molecule has 0 radical (unpaired) electrons. The second kappa shape index (κ2) is 13.3. The van der Waals surface area contributed by atoms with Crippen LogP contribution in [0.5, 0.6) is 5.75 Å². The average molecular weight is 531 g/mol. The van der Waals surface area contributed by atoms with Gasteiger partial charge < -0.3 is 15.0 Å². The van der Waals surface area contributed by atoms with Crippen molar-refractivity contribution in [3.8, 4) is 5.75 Å². The van der Waals surface area contributed by atoms with Gasteiger partial charge in [-0.3, -0.25) is 9.59 Å². The third-order valence-corrected chi connectivity index (χ3v) is 6.55. The summed E-state index contributed by atoms with van der Waals surface area (Å²) in [7, 11) is 0. The van der Waals surface area contributed by atoms with Gasteiger partial charge in [0.2, 0.25) is 5.91 Å². The first-order chi connectivity index (χ1) is 17.3. The van der Waals surface area contributed by atoms with Gasteiger partial charge in [0.15, 0.2) is 6.61 Å². The zero-order valence-electron chi connectivity index (χ0n) is 20.2. The Balaban J connectivity index is 1.95. The molecule has 0 aliphatic carbocycles. The second-order valence-electron chi connectivity index (χ2n) is 8.49. The summed E-state index contributed by atoms with van der Waals surface area (Å²) >= 11 is 12.9. The summed E-state index contributed by atoms with van der Waals surface area (Å²) in [6.07, 6.45) is 1.02. The number of carbonyl (C=O) groups excluding carboxylic acids is 2. The lowest BCUT2D eigenvalue weighted by molar-refractivity contribution is -0.143. The molecular weight excluding hydrogens is 502 g/mol. The van der Waals surface area contributed by atoms with Gasteiger partial charge in [0.05, 0.1) is 0 Å². The van der Waals surface area contributed by atoms with Crippen LogP contribution in [0.1, 0.15) is 31.4 Å². The van der Waals surface area contributed by atoms with Crippen molar-refractivity contribution < 1.29 is 18.7 Å². The van der Waals surface area contributed by atoms with E-state index in [0.717, 1.165) is 12.0 Å². The lowest BCUT2D eigenvalue weighted by Crippen LogP contribution is -2.53. The summed E-state index contributed by atoms with van der Waals surface area (Å²) in [5.74, 6) is -0.792. The van der Waals surface area contributed by atoms with E-state index in [-0.39, 0.29) is 31.5 Å². The zero-order valence-corrected chi connectivity index (χ0v) is 21.7. The molecule has 0 aliphatic rings. The standard InChI is InChI=1S/C28H29Cl2FN2O3/c1-3-19(2)32-28(35)26(16-20-8-5-4-6-9-20)33(17-23-24(29)10-7-11-25(23)30)27(34)18-36-22-14-12-21(31)13-15-22/h4-15,19,26H,3,16-18H2,1-2H3,(H,32,35). The Labute approximate surface area is 221 Å². The molecule has 0 saturated carbocycles. The molecule has 0 saturated heterocycles. The van der Waals surface area contributed by atoms with Crippen molar-refractivity contribution in [2.24, 2.45) is 0 Å². The van der Waals surface area contributed by atoms with Crippen LogP contribution in [0.15, 0.2) is 72.8 Å². The number of benzene rings is 3. The zero-order chi connectivity index (χ0) is 26.1. The number of hydrogen-bond acceptors (Lipinski definition) is 3. The highest BCUT2D eigenvalue weighted by Crippen LogP contribution is 2.27. The third kappa shape index (κ3) is 7.70. The lowest BCUT2D eigenvalue weighted by Gasteiger charge is -2.32. The van der Waals surface area contributed by atoms with Gasteiger partial charge in [-0.15, -0.1) is 0 Å². The smallest absolute Gasteiger partial charge is 0.261 e. The van der Waals surface area contributed by atoms with Gasteiger partial charge in [-0.05, 0) is 55.3 Å². The van der Waals surface area contributed by atoms with Crippen molar-refractivity contribution in [3.63, 3.8) is 0 Å². The number of rotatable bonds is 11. The van der Waals surface area contributed by atoms with Crippen LogP contribution < -0.4 is 10.1 Å². The van der Waals surface area contributed by atoms with Crippen molar-refractivity contribution in [3.05, 3.63) is 99.8 Å². The molecule has 0 aliphatic heterocycles. The fourth-order valence-corrected chi connectivity index (χ4v) is 4.12. The molecule has 190 valence electrons. The maximum Gasteiger partial charge on any atom is 0.261 e. The normalized spacial score (nSPS) is 12.5. The van der Waals surface area contributed by atoms with Gasteiger partial charge in [-0.1, -0.05) is 66.5 Å². The van der Waals surface area contributed by atoms with E-state index in [1.54, 1.807) is 18.2 Å². The predicted molar refractivity (Wildman–Crippen MR) is 141 cm³/mol. The van der Waals surface area contributed by atoms with Crippen LogP contribution in [0.4, 0.5) is 4.39 Å². The SMILES string of the molecule is CCC(C)NC(=O)C(Cc1ccccc1)N(Cc1c(Cl)cccc1Cl)C(=O)COc1ccc(F)cc1. The number of halogens is 3. The molecule has 1 N–H and O–H groups in total. The first-order valence-corrected chi connectivity index (χ1v) is 12.5. The summed E-state index contributed by atoms with van der Waals surface area (Å²) in [6.45, 7) is 3.54. The molecule has 0 aromatic heterocycles. The summed E-state index contributed by atoms with van der Waals surface area (Å²) < 4.78 is 18.9. The quantitative estimate of drug-likeness (QED) is 0.327. The minimum atomic E-state index is -0.849. The fraction of sp³-hybridized carbons (Fsp3) is 0.286. The van der Waals surface area contributed by atoms with Crippen LogP contribution in [0, 0.1) is 5.82 Å². The number of nitrogens with zero attached hydrogens (tertiary/aromatic N) is 1. The van der Waals surface area contributed by atoms with E-state index < -0.39 is 17.8 Å². The Hall–Kier alpha value is -3.09. The highest BCUT2D eigenvalue weighted by molar-refractivity contribution is 6.36. The van der Waals surface area contributed by atoms with Crippen LogP contribution >= 0.6 is 23.2 Å². The fourth-order valence-electron chi connectivity index (χ4n) is 3.61. The predicted octanol–water partition coefficient (Wildman–Crippen LogP) is 6.07. The van der Waals surface area contributed by atoms with E-state index in [1.165, 1.54) is 29.2 Å². The van der Waals surface area contributed by atoms with E-state index in [2.05, 4.69) is 5.32 Å². The summed E-state index contributed by atoms with van der Waals surface area (Å²) in [6, 6.07) is 19.0. The van der Waals surface area contributed by atoms with Crippen molar-refractivity contribution >= 4 is 35.0 Å². The minimum Gasteiger partial charge on any atom is -0.484 e.